The van der Waals surface area contributed by atoms with Crippen molar-refractivity contribution in [1.29, 1.82) is 0 Å². The average molecular weight is 274 g/mol. The van der Waals surface area contributed by atoms with Crippen LogP contribution in [0.2, 0.25) is 0 Å². The molecule has 1 N–H and O–H groups in total. The van der Waals surface area contributed by atoms with Gasteiger partial charge in [-0.2, -0.15) is 0 Å². The first kappa shape index (κ1) is 15.0. The lowest BCUT2D eigenvalue weighted by Crippen LogP contribution is -2.39. The summed E-state index contributed by atoms with van der Waals surface area (Å²) < 4.78 is 0. The van der Waals surface area contributed by atoms with Crippen molar-refractivity contribution >= 4 is 11.6 Å². The van der Waals surface area contributed by atoms with Gasteiger partial charge >= 0.3 is 0 Å². The van der Waals surface area contributed by atoms with Gasteiger partial charge in [-0.05, 0) is 25.0 Å². The van der Waals surface area contributed by atoms with Crippen LogP contribution in [0.25, 0.3) is 0 Å². The molecule has 3 heteroatoms. The Balaban J connectivity index is 2.06. The van der Waals surface area contributed by atoms with Gasteiger partial charge in [-0.15, -0.1) is 0 Å². The number of nitrogens with one attached hydrogen (secondary N) is 1. The Kier molecular flexibility index (Phi) is 5.60. The van der Waals surface area contributed by atoms with Crippen LogP contribution in [-0.4, -0.2) is 18.5 Å². The predicted molar refractivity (Wildman–Crippen MR) is 83.9 cm³/mol. The lowest BCUT2D eigenvalue weighted by Gasteiger charge is -2.24. The number of benzene rings is 1. The second-order valence-corrected chi connectivity index (χ2v) is 5.73. The summed E-state index contributed by atoms with van der Waals surface area (Å²) in [4.78, 5) is 14.5. The molecule has 1 heterocycles. The molecule has 0 saturated heterocycles. The summed E-state index contributed by atoms with van der Waals surface area (Å²) in [7, 11) is 0. The van der Waals surface area contributed by atoms with Crippen LogP contribution in [0.15, 0.2) is 24.3 Å². The maximum absolute atomic E-state index is 12.5. The molecule has 1 aliphatic heterocycles. The third kappa shape index (κ3) is 3.83. The van der Waals surface area contributed by atoms with Gasteiger partial charge in [0.1, 0.15) is 0 Å². The van der Waals surface area contributed by atoms with Crippen molar-refractivity contribution in [2.24, 2.45) is 0 Å². The molecule has 110 valence electrons. The number of hydrogen-bond donors (Lipinski definition) is 1. The Bertz CT molecular complexity index is 444. The summed E-state index contributed by atoms with van der Waals surface area (Å²) in [6, 6.07) is 8.57. The molecule has 2 rings (SSSR count). The molecule has 1 aromatic rings. The molecule has 0 saturated carbocycles. The van der Waals surface area contributed by atoms with E-state index in [9.17, 15) is 4.79 Å². The van der Waals surface area contributed by atoms with Crippen molar-refractivity contribution in [2.75, 3.05) is 11.4 Å². The molecule has 1 aliphatic rings. The third-order valence-electron chi connectivity index (χ3n) is 3.93. The van der Waals surface area contributed by atoms with Gasteiger partial charge < -0.3 is 10.2 Å². The number of rotatable bonds is 5. The lowest BCUT2D eigenvalue weighted by atomic mass is 10.1. The summed E-state index contributed by atoms with van der Waals surface area (Å²) in [6.07, 6.45) is 5.27. The van der Waals surface area contributed by atoms with E-state index in [0.717, 1.165) is 31.6 Å². The fourth-order valence-corrected chi connectivity index (χ4v) is 2.72. The zero-order valence-electron chi connectivity index (χ0n) is 12.7. The first-order chi connectivity index (χ1) is 9.72. The average Bonchev–Trinajstić information content (AvgIpc) is 2.63. The second kappa shape index (κ2) is 7.44. The molecule has 0 spiro atoms. The number of unbranched alkanes of at least 4 members (excludes halogenated alkanes) is 3. The van der Waals surface area contributed by atoms with E-state index in [2.05, 4.69) is 31.3 Å². The van der Waals surface area contributed by atoms with E-state index >= 15 is 0 Å². The highest BCUT2D eigenvalue weighted by molar-refractivity contribution is 5.94. The molecule has 1 atom stereocenters. The molecule has 3 nitrogen and oxygen atoms in total. The van der Waals surface area contributed by atoms with E-state index in [1.165, 1.54) is 18.4 Å². The molecule has 0 radical (unpaired) electrons. The number of nitrogens with zero attached hydrogens (tertiary/aromatic N) is 1. The number of carbonyl (C=O) groups is 1. The van der Waals surface area contributed by atoms with E-state index in [-0.39, 0.29) is 5.91 Å². The van der Waals surface area contributed by atoms with Crippen LogP contribution in [0.5, 0.6) is 0 Å². The monoisotopic (exact) mass is 274 g/mol. The van der Waals surface area contributed by atoms with Crippen LogP contribution in [0.3, 0.4) is 0 Å². The summed E-state index contributed by atoms with van der Waals surface area (Å²) in [5.41, 5.74) is 2.31. The minimum Gasteiger partial charge on any atom is -0.311 e. The van der Waals surface area contributed by atoms with Crippen LogP contribution >= 0.6 is 0 Å². The van der Waals surface area contributed by atoms with E-state index < -0.39 is 0 Å². The summed E-state index contributed by atoms with van der Waals surface area (Å²) in [5, 5.41) is 3.47. The van der Waals surface area contributed by atoms with E-state index in [1.807, 2.05) is 17.0 Å². The molecule has 1 amide bonds. The summed E-state index contributed by atoms with van der Waals surface area (Å²) in [5.74, 6) is 0.268. The molecule has 0 aliphatic carbocycles. The Labute approximate surface area is 122 Å². The highest BCUT2D eigenvalue weighted by Crippen LogP contribution is 2.24. The topological polar surface area (TPSA) is 32.3 Å². The van der Waals surface area contributed by atoms with Gasteiger partial charge in [-0.3, -0.25) is 4.79 Å². The Morgan fingerprint density at radius 1 is 1.30 bits per heavy atom. The Morgan fingerprint density at radius 3 is 2.90 bits per heavy atom. The minimum atomic E-state index is 0.268. The van der Waals surface area contributed by atoms with Crippen molar-refractivity contribution in [3.8, 4) is 0 Å². The van der Waals surface area contributed by atoms with Crippen LogP contribution < -0.4 is 10.2 Å². The van der Waals surface area contributed by atoms with Crippen LogP contribution in [0.1, 0.15) is 51.5 Å². The zero-order valence-corrected chi connectivity index (χ0v) is 12.7. The molecule has 0 bridgehead atoms. The van der Waals surface area contributed by atoms with E-state index in [1.54, 1.807) is 0 Å². The third-order valence-corrected chi connectivity index (χ3v) is 3.93. The van der Waals surface area contributed by atoms with E-state index in [0.29, 0.717) is 12.5 Å². The molecular formula is C17H26N2O. The molecular weight excluding hydrogens is 248 g/mol. The number of hydrogen-bond acceptors (Lipinski definition) is 2. The van der Waals surface area contributed by atoms with Crippen molar-refractivity contribution < 1.29 is 4.79 Å². The number of fused-ring (bicyclic) bond motifs is 1. The van der Waals surface area contributed by atoms with Gasteiger partial charge in [0.2, 0.25) is 5.91 Å². The van der Waals surface area contributed by atoms with Crippen LogP contribution in [0, 0.1) is 0 Å². The molecule has 1 unspecified atom stereocenters. The molecule has 1 aromatic carbocycles. The minimum absolute atomic E-state index is 0.268. The maximum atomic E-state index is 12.5. The van der Waals surface area contributed by atoms with Crippen molar-refractivity contribution in [1.82, 2.24) is 5.32 Å². The second-order valence-electron chi connectivity index (χ2n) is 5.73. The van der Waals surface area contributed by atoms with Crippen LogP contribution in [0.4, 0.5) is 5.69 Å². The number of carbonyl (C=O) groups excluding carboxylic acids is 1. The smallest absolute Gasteiger partial charge is 0.227 e. The van der Waals surface area contributed by atoms with Crippen molar-refractivity contribution in [3.63, 3.8) is 0 Å². The standard InChI is InChI=1S/C17H26N2O/c1-3-4-5-6-11-17(20)19-13-14(2)18-12-15-9-7-8-10-16(15)19/h7-10,14,18H,3-6,11-13H2,1-2H3. The zero-order chi connectivity index (χ0) is 14.4. The Morgan fingerprint density at radius 2 is 2.10 bits per heavy atom. The van der Waals surface area contributed by atoms with Crippen LogP contribution in [-0.2, 0) is 11.3 Å². The lowest BCUT2D eigenvalue weighted by molar-refractivity contribution is -0.118. The van der Waals surface area contributed by atoms with Gasteiger partial charge in [0.25, 0.3) is 0 Å². The SMILES string of the molecule is CCCCCCC(=O)N1CC(C)NCc2ccccc21. The van der Waals surface area contributed by atoms with Gasteiger partial charge in [-0.1, -0.05) is 44.4 Å². The molecule has 0 fully saturated rings. The summed E-state index contributed by atoms with van der Waals surface area (Å²) in [6.45, 7) is 5.95. The van der Waals surface area contributed by atoms with Gasteiger partial charge in [-0.25, -0.2) is 0 Å². The van der Waals surface area contributed by atoms with Gasteiger partial charge in [0, 0.05) is 31.2 Å². The first-order valence-corrected chi connectivity index (χ1v) is 7.84. The first-order valence-electron chi connectivity index (χ1n) is 7.84. The molecule has 0 aromatic heterocycles. The maximum Gasteiger partial charge on any atom is 0.227 e. The van der Waals surface area contributed by atoms with Gasteiger partial charge in [0.15, 0.2) is 0 Å². The Hall–Kier alpha value is -1.35. The number of para-hydroxylation sites is 1. The number of anilines is 1. The largest absolute Gasteiger partial charge is 0.311 e. The fourth-order valence-electron chi connectivity index (χ4n) is 2.72. The van der Waals surface area contributed by atoms with Crippen molar-refractivity contribution in [3.05, 3.63) is 29.8 Å². The van der Waals surface area contributed by atoms with E-state index in [4.69, 9.17) is 0 Å². The highest BCUT2D eigenvalue weighted by atomic mass is 16.2. The normalized spacial score (nSPS) is 18.5. The predicted octanol–water partition coefficient (Wildman–Crippen LogP) is 3.48. The fraction of sp³-hybridized carbons (Fsp3) is 0.588. The van der Waals surface area contributed by atoms with Gasteiger partial charge in [0.05, 0.1) is 0 Å². The quantitative estimate of drug-likeness (QED) is 0.834. The van der Waals surface area contributed by atoms with Crippen molar-refractivity contribution in [2.45, 2.75) is 58.5 Å². The molecule has 20 heavy (non-hydrogen) atoms. The highest BCUT2D eigenvalue weighted by Gasteiger charge is 2.23. The number of amides is 1. The summed E-state index contributed by atoms with van der Waals surface area (Å²) >= 11 is 0.